The molecule has 0 aromatic rings. The van der Waals surface area contributed by atoms with Crippen LogP contribution in [0.15, 0.2) is 0 Å². The first-order valence-corrected chi connectivity index (χ1v) is 5.68. The highest BCUT2D eigenvalue weighted by molar-refractivity contribution is 4.57. The molecule has 0 aromatic carbocycles. The predicted molar refractivity (Wildman–Crippen MR) is 64.1 cm³/mol. The maximum absolute atomic E-state index is 2.38. The van der Waals surface area contributed by atoms with Crippen LogP contribution in [0.2, 0.25) is 0 Å². The lowest BCUT2D eigenvalue weighted by molar-refractivity contribution is 0.375. The normalized spacial score (nSPS) is 12.7. The highest BCUT2D eigenvalue weighted by Crippen LogP contribution is 2.18. The Kier molecular flexibility index (Phi) is 12.0. The van der Waals surface area contributed by atoms with Crippen molar-refractivity contribution in [3.05, 3.63) is 0 Å². The first kappa shape index (κ1) is 15.5. The van der Waals surface area contributed by atoms with E-state index in [1.807, 2.05) is 0 Å². The molecular formula is C13H30. The molecular weight excluding hydrogens is 156 g/mol. The Morgan fingerprint density at radius 2 is 1.38 bits per heavy atom. The van der Waals surface area contributed by atoms with Gasteiger partial charge in [0.15, 0.2) is 0 Å². The molecule has 0 nitrogen and oxygen atoms in total. The summed E-state index contributed by atoms with van der Waals surface area (Å²) < 4.78 is 0. The van der Waals surface area contributed by atoms with Crippen molar-refractivity contribution in [3.8, 4) is 0 Å². The first-order valence-electron chi connectivity index (χ1n) is 5.68. The van der Waals surface area contributed by atoms with Crippen LogP contribution in [0.4, 0.5) is 0 Å². The van der Waals surface area contributed by atoms with Crippen molar-refractivity contribution in [2.45, 2.75) is 73.6 Å². The van der Waals surface area contributed by atoms with Crippen LogP contribution in [0.3, 0.4) is 0 Å². The summed E-state index contributed by atoms with van der Waals surface area (Å²) in [5.74, 6) is 1.79. The molecule has 0 heteroatoms. The summed E-state index contributed by atoms with van der Waals surface area (Å²) in [7, 11) is 0. The Balaban J connectivity index is 0. The molecule has 0 aliphatic rings. The molecule has 0 unspecified atom stereocenters. The lowest BCUT2D eigenvalue weighted by Gasteiger charge is -2.14. The van der Waals surface area contributed by atoms with E-state index in [1.165, 1.54) is 38.5 Å². The lowest BCUT2D eigenvalue weighted by atomic mass is 9.92. The van der Waals surface area contributed by atoms with Gasteiger partial charge >= 0.3 is 0 Å². The first-order chi connectivity index (χ1) is 5.68. The van der Waals surface area contributed by atoms with E-state index in [4.69, 9.17) is 0 Å². The Labute approximate surface area is 86.1 Å². The van der Waals surface area contributed by atoms with Gasteiger partial charge in [-0.25, -0.2) is 0 Å². The predicted octanol–water partition coefficient (Wildman–Crippen LogP) is 5.28. The van der Waals surface area contributed by atoms with Gasteiger partial charge in [-0.3, -0.25) is 0 Å². The van der Waals surface area contributed by atoms with Gasteiger partial charge in [-0.2, -0.15) is 0 Å². The van der Waals surface area contributed by atoms with Crippen molar-refractivity contribution in [2.24, 2.45) is 11.8 Å². The van der Waals surface area contributed by atoms with Crippen molar-refractivity contribution in [2.75, 3.05) is 0 Å². The second-order valence-electron chi connectivity index (χ2n) is 4.42. The van der Waals surface area contributed by atoms with Crippen LogP contribution in [0.1, 0.15) is 73.6 Å². The Morgan fingerprint density at radius 3 is 1.85 bits per heavy atom. The fraction of sp³-hybridized carbons (Fsp3) is 1.00. The van der Waals surface area contributed by atoms with Gasteiger partial charge in [0.25, 0.3) is 0 Å². The van der Waals surface area contributed by atoms with E-state index in [0.717, 1.165) is 11.8 Å². The molecule has 13 heavy (non-hydrogen) atoms. The van der Waals surface area contributed by atoms with Crippen LogP contribution < -0.4 is 0 Å². The third-order valence-electron chi connectivity index (χ3n) is 2.90. The minimum absolute atomic E-state index is 0. The molecule has 82 valence electrons. The molecule has 0 fully saturated rings. The highest BCUT2D eigenvalue weighted by atomic mass is 14.1. The van der Waals surface area contributed by atoms with Gasteiger partial charge in [0.2, 0.25) is 0 Å². The van der Waals surface area contributed by atoms with Crippen LogP contribution in [0.25, 0.3) is 0 Å². The Hall–Kier alpha value is 0. The van der Waals surface area contributed by atoms with E-state index in [2.05, 4.69) is 27.7 Å². The summed E-state index contributed by atoms with van der Waals surface area (Å²) in [5, 5.41) is 0. The van der Waals surface area contributed by atoms with Gasteiger partial charge in [-0.15, -0.1) is 0 Å². The van der Waals surface area contributed by atoms with Crippen LogP contribution in [-0.2, 0) is 0 Å². The Morgan fingerprint density at radius 1 is 0.846 bits per heavy atom. The van der Waals surface area contributed by atoms with Crippen molar-refractivity contribution in [3.63, 3.8) is 0 Å². The summed E-state index contributed by atoms with van der Waals surface area (Å²) in [5.41, 5.74) is 0. The summed E-state index contributed by atoms with van der Waals surface area (Å²) in [4.78, 5) is 0. The zero-order valence-electron chi connectivity index (χ0n) is 9.40. The smallest absolute Gasteiger partial charge is 0.0420 e. The molecule has 0 saturated heterocycles. The summed E-state index contributed by atoms with van der Waals surface area (Å²) >= 11 is 0. The van der Waals surface area contributed by atoms with E-state index in [-0.39, 0.29) is 7.43 Å². The number of rotatable bonds is 7. The molecule has 0 spiro atoms. The van der Waals surface area contributed by atoms with Crippen LogP contribution in [0, 0.1) is 11.8 Å². The summed E-state index contributed by atoms with van der Waals surface area (Å²) in [6.07, 6.45) is 8.56. The quantitative estimate of drug-likeness (QED) is 0.475. The monoisotopic (exact) mass is 186 g/mol. The Bertz CT molecular complexity index is 84.0. The summed E-state index contributed by atoms with van der Waals surface area (Å²) in [6.45, 7) is 9.31. The zero-order valence-corrected chi connectivity index (χ0v) is 9.40. The van der Waals surface area contributed by atoms with Crippen LogP contribution in [-0.4, -0.2) is 0 Å². The van der Waals surface area contributed by atoms with Crippen molar-refractivity contribution < 1.29 is 0 Å². The molecule has 0 aliphatic carbocycles. The third-order valence-corrected chi connectivity index (χ3v) is 2.90. The largest absolute Gasteiger partial charge is 0.0776 e. The molecule has 0 rings (SSSR count). The zero-order chi connectivity index (χ0) is 9.40. The highest BCUT2D eigenvalue weighted by Gasteiger charge is 2.05. The van der Waals surface area contributed by atoms with Gasteiger partial charge in [0.1, 0.15) is 0 Å². The fourth-order valence-electron chi connectivity index (χ4n) is 1.40. The molecule has 0 aliphatic heterocycles. The number of hydrogen-bond acceptors (Lipinski definition) is 0. The number of unbranched alkanes of at least 4 members (excludes halogenated alkanes) is 4. The SMILES string of the molecule is C.CCCCCCC[C@H](C)C(C)C. The van der Waals surface area contributed by atoms with Gasteiger partial charge < -0.3 is 0 Å². The molecule has 0 bridgehead atoms. The molecule has 0 amide bonds. The lowest BCUT2D eigenvalue weighted by Crippen LogP contribution is -2.03. The molecule has 0 aromatic heterocycles. The van der Waals surface area contributed by atoms with Crippen LogP contribution in [0.5, 0.6) is 0 Å². The molecule has 0 heterocycles. The van der Waals surface area contributed by atoms with E-state index in [1.54, 1.807) is 0 Å². The van der Waals surface area contributed by atoms with Crippen molar-refractivity contribution in [1.29, 1.82) is 0 Å². The average Bonchev–Trinajstić information content (AvgIpc) is 2.03. The second-order valence-corrected chi connectivity index (χ2v) is 4.42. The van der Waals surface area contributed by atoms with E-state index < -0.39 is 0 Å². The minimum atomic E-state index is 0. The van der Waals surface area contributed by atoms with Gasteiger partial charge in [-0.1, -0.05) is 73.6 Å². The van der Waals surface area contributed by atoms with E-state index in [0.29, 0.717) is 0 Å². The maximum atomic E-state index is 2.38. The molecule has 0 saturated carbocycles. The minimum Gasteiger partial charge on any atom is -0.0776 e. The molecule has 1 atom stereocenters. The standard InChI is InChI=1S/C12H26.CH4/c1-5-6-7-8-9-10-12(4)11(2)3;/h11-12H,5-10H2,1-4H3;1H4/t12-;/m0./s1. The average molecular weight is 186 g/mol. The molecule has 0 radical (unpaired) electrons. The second kappa shape index (κ2) is 10.1. The number of hydrogen-bond donors (Lipinski definition) is 0. The van der Waals surface area contributed by atoms with Crippen molar-refractivity contribution >= 4 is 0 Å². The van der Waals surface area contributed by atoms with E-state index in [9.17, 15) is 0 Å². The molecule has 0 N–H and O–H groups in total. The van der Waals surface area contributed by atoms with Gasteiger partial charge in [-0.05, 0) is 11.8 Å². The van der Waals surface area contributed by atoms with Gasteiger partial charge in [0, 0.05) is 0 Å². The summed E-state index contributed by atoms with van der Waals surface area (Å²) in [6, 6.07) is 0. The van der Waals surface area contributed by atoms with Crippen LogP contribution >= 0.6 is 0 Å². The third kappa shape index (κ3) is 9.92. The van der Waals surface area contributed by atoms with Gasteiger partial charge in [0.05, 0.1) is 0 Å². The van der Waals surface area contributed by atoms with E-state index >= 15 is 0 Å². The maximum Gasteiger partial charge on any atom is -0.0420 e. The van der Waals surface area contributed by atoms with Crippen molar-refractivity contribution in [1.82, 2.24) is 0 Å². The fourth-order valence-corrected chi connectivity index (χ4v) is 1.40. The topological polar surface area (TPSA) is 0 Å².